The Labute approximate surface area is 123 Å². The number of halogens is 3. The van der Waals surface area contributed by atoms with Gasteiger partial charge in [-0.3, -0.25) is 0 Å². The molecule has 76 valence electrons. The van der Waals surface area contributed by atoms with Gasteiger partial charge in [0.1, 0.15) is 0 Å². The number of allylic oxidation sites excluding steroid dienone is 1. The summed E-state index contributed by atoms with van der Waals surface area (Å²) in [7, 11) is 0. The zero-order chi connectivity index (χ0) is 10.3. The fourth-order valence-electron chi connectivity index (χ4n) is 0.784. The van der Waals surface area contributed by atoms with Crippen LogP contribution in [-0.2, 0) is 0 Å². The van der Waals surface area contributed by atoms with Crippen LogP contribution in [0, 0.1) is 0 Å². The van der Waals surface area contributed by atoms with Crippen LogP contribution >= 0.6 is 34.8 Å². The van der Waals surface area contributed by atoms with Gasteiger partial charge in [-0.2, -0.15) is 0 Å². The third-order valence-electron chi connectivity index (χ3n) is 1.39. The van der Waals surface area contributed by atoms with Gasteiger partial charge in [-0.25, -0.2) is 0 Å². The van der Waals surface area contributed by atoms with Crippen molar-refractivity contribution in [3.8, 4) is 0 Å². The summed E-state index contributed by atoms with van der Waals surface area (Å²) >= 11 is 19.7. The van der Waals surface area contributed by atoms with Crippen molar-refractivity contribution >= 4 is 94.6 Å². The summed E-state index contributed by atoms with van der Waals surface area (Å²) in [6.07, 6.45) is 0. The first-order valence-electron chi connectivity index (χ1n) is 3.45. The maximum absolute atomic E-state index is 6.13. The number of hydrogen-bond donors (Lipinski definition) is 0. The second-order valence-corrected chi connectivity index (χ2v) is 16.6. The average Bonchev–Trinajstić information content (AvgIpc) is 2.60. The predicted molar refractivity (Wildman–Crippen MR) is 67.3 cm³/mol. The van der Waals surface area contributed by atoms with E-state index in [2.05, 4.69) is 6.92 Å². The van der Waals surface area contributed by atoms with E-state index >= 15 is 0 Å². The molecule has 7 heteroatoms. The van der Waals surface area contributed by atoms with E-state index in [0.29, 0.717) is 59.8 Å². The Hall–Kier alpha value is 2.17. The monoisotopic (exact) mass is 512 g/mol. The topological polar surface area (TPSA) is 0 Å². The third-order valence-corrected chi connectivity index (χ3v) is 18.6. The summed E-state index contributed by atoms with van der Waals surface area (Å²) in [6.45, 7) is 2.14. The van der Waals surface area contributed by atoms with Crippen LogP contribution in [0.15, 0.2) is 23.0 Å². The SMILES string of the molecule is CC1=C(Cl)[Se]C(=C2[Se]C(Cl)=C(Cl)[Se]2)[Se]1. The Kier molecular flexibility index (Phi) is 4.70. The Morgan fingerprint density at radius 2 is 1.14 bits per heavy atom. The molecule has 0 atom stereocenters. The Morgan fingerprint density at radius 1 is 0.714 bits per heavy atom. The number of hydrogen-bond acceptors (Lipinski definition) is 0. The van der Waals surface area contributed by atoms with Crippen LogP contribution in [0.3, 0.4) is 0 Å². The summed E-state index contributed by atoms with van der Waals surface area (Å²) in [5, 5.41) is 0. The second kappa shape index (κ2) is 5.21. The molecule has 2 aliphatic heterocycles. The standard InChI is InChI=1S/C7H3Cl3Se4/c1-2-3(8)12-6(11-2)7-13-4(9)5(10)14-7/h1H3. The van der Waals surface area contributed by atoms with E-state index in [1.54, 1.807) is 6.74 Å². The van der Waals surface area contributed by atoms with E-state index in [1.165, 1.54) is 4.47 Å². The van der Waals surface area contributed by atoms with Crippen LogP contribution in [0.2, 0.25) is 0 Å². The van der Waals surface area contributed by atoms with E-state index in [9.17, 15) is 0 Å². The van der Waals surface area contributed by atoms with Crippen LogP contribution in [0.1, 0.15) is 6.92 Å². The van der Waals surface area contributed by atoms with Crippen LogP contribution in [0.4, 0.5) is 0 Å². The molecular formula is C7H3Cl3Se4. The van der Waals surface area contributed by atoms with Gasteiger partial charge in [-0.1, -0.05) is 0 Å². The maximum atomic E-state index is 6.13. The quantitative estimate of drug-likeness (QED) is 0.439. The average molecular weight is 509 g/mol. The van der Waals surface area contributed by atoms with Crippen molar-refractivity contribution in [2.24, 2.45) is 0 Å². The molecule has 0 unspecified atom stereocenters. The normalized spacial score (nSPS) is 23.1. The summed E-state index contributed by atoms with van der Waals surface area (Å²) < 4.78 is 7.47. The van der Waals surface area contributed by atoms with Gasteiger partial charge in [0.15, 0.2) is 0 Å². The summed E-state index contributed by atoms with van der Waals surface area (Å²) in [6, 6.07) is 0. The molecule has 0 fully saturated rings. The molecule has 0 aromatic rings. The zero-order valence-corrected chi connectivity index (χ0v) is 15.9. The zero-order valence-electron chi connectivity index (χ0n) is 6.77. The summed E-state index contributed by atoms with van der Waals surface area (Å²) in [5.41, 5.74) is 0. The van der Waals surface area contributed by atoms with Gasteiger partial charge >= 0.3 is 125 Å². The molecule has 0 N–H and O–H groups in total. The fraction of sp³-hybridized carbons (Fsp3) is 0.143. The molecule has 0 saturated carbocycles. The van der Waals surface area contributed by atoms with E-state index in [-0.39, 0.29) is 0 Å². The molecule has 0 nitrogen and oxygen atoms in total. The van der Waals surface area contributed by atoms with Gasteiger partial charge in [0.05, 0.1) is 0 Å². The van der Waals surface area contributed by atoms with Gasteiger partial charge in [0.25, 0.3) is 0 Å². The van der Waals surface area contributed by atoms with Crippen LogP contribution in [0.5, 0.6) is 0 Å². The molecule has 0 spiro atoms. The van der Waals surface area contributed by atoms with Gasteiger partial charge < -0.3 is 0 Å². The Balaban J connectivity index is 2.17. The predicted octanol–water partition coefficient (Wildman–Crippen LogP) is 1.99. The molecule has 0 aliphatic carbocycles. The number of rotatable bonds is 0. The first-order valence-corrected chi connectivity index (χ1v) is 11.4. The minimum absolute atomic E-state index is 0.319. The molecular weight excluding hydrogens is 506 g/mol. The first kappa shape index (κ1) is 12.6. The Bertz CT molecular complexity index is 314. The van der Waals surface area contributed by atoms with E-state index in [4.69, 9.17) is 34.8 Å². The van der Waals surface area contributed by atoms with Crippen molar-refractivity contribution in [2.75, 3.05) is 0 Å². The molecule has 14 heavy (non-hydrogen) atoms. The van der Waals surface area contributed by atoms with E-state index < -0.39 is 0 Å². The molecule has 2 heterocycles. The molecule has 0 saturated heterocycles. The molecule has 2 rings (SSSR count). The van der Waals surface area contributed by atoms with Crippen molar-refractivity contribution in [3.63, 3.8) is 0 Å². The molecule has 0 aromatic heterocycles. The van der Waals surface area contributed by atoms with Crippen molar-refractivity contribution < 1.29 is 0 Å². The fourth-order valence-corrected chi connectivity index (χ4v) is 17.9. The van der Waals surface area contributed by atoms with E-state index in [1.807, 2.05) is 0 Å². The molecule has 0 radical (unpaired) electrons. The molecule has 0 amide bonds. The third kappa shape index (κ3) is 2.70. The first-order chi connectivity index (χ1) is 6.58. The summed E-state index contributed by atoms with van der Waals surface area (Å²) in [5.74, 6) is 0. The minimum atomic E-state index is 0.319. The van der Waals surface area contributed by atoms with Gasteiger partial charge in [0, 0.05) is 0 Å². The van der Waals surface area contributed by atoms with Gasteiger partial charge in [-0.05, 0) is 0 Å². The molecule has 2 aliphatic rings. The van der Waals surface area contributed by atoms with Crippen molar-refractivity contribution in [1.29, 1.82) is 0 Å². The summed E-state index contributed by atoms with van der Waals surface area (Å²) in [4.78, 5) is 0. The van der Waals surface area contributed by atoms with E-state index in [0.717, 1.165) is 11.8 Å². The van der Waals surface area contributed by atoms with Gasteiger partial charge in [-0.15, -0.1) is 0 Å². The van der Waals surface area contributed by atoms with Crippen molar-refractivity contribution in [1.82, 2.24) is 0 Å². The van der Waals surface area contributed by atoms with Crippen molar-refractivity contribution in [3.05, 3.63) is 23.0 Å². The van der Waals surface area contributed by atoms with Crippen LogP contribution in [0.25, 0.3) is 0 Å². The molecule has 0 aromatic carbocycles. The van der Waals surface area contributed by atoms with Crippen LogP contribution < -0.4 is 0 Å². The molecule has 0 bridgehead atoms. The van der Waals surface area contributed by atoms with Crippen molar-refractivity contribution in [2.45, 2.75) is 6.92 Å². The Morgan fingerprint density at radius 3 is 1.57 bits per heavy atom. The second-order valence-electron chi connectivity index (χ2n) is 2.36. The van der Waals surface area contributed by atoms with Gasteiger partial charge in [0.2, 0.25) is 0 Å². The van der Waals surface area contributed by atoms with Crippen LogP contribution in [-0.4, -0.2) is 59.8 Å².